The zero-order valence-corrected chi connectivity index (χ0v) is 13.2. The number of nitrogens with one attached hydrogen (secondary N) is 1. The van der Waals surface area contributed by atoms with Crippen molar-refractivity contribution in [3.8, 4) is 5.75 Å². The molecule has 20 heavy (non-hydrogen) atoms. The van der Waals surface area contributed by atoms with Crippen LogP contribution < -0.4 is 5.32 Å². The first-order chi connectivity index (χ1) is 9.40. The van der Waals surface area contributed by atoms with Crippen LogP contribution in [0.5, 0.6) is 5.75 Å². The van der Waals surface area contributed by atoms with Gasteiger partial charge in [0.1, 0.15) is 5.75 Å². The Kier molecular flexibility index (Phi) is 4.71. The van der Waals surface area contributed by atoms with Gasteiger partial charge in [-0.05, 0) is 29.5 Å². The van der Waals surface area contributed by atoms with Gasteiger partial charge < -0.3 is 10.4 Å². The highest BCUT2D eigenvalue weighted by molar-refractivity contribution is 5.27. The second-order valence-corrected chi connectivity index (χ2v) is 6.99. The van der Waals surface area contributed by atoms with Crippen molar-refractivity contribution >= 4 is 0 Å². The zero-order valence-electron chi connectivity index (χ0n) is 13.2. The number of phenols is 1. The molecule has 1 aliphatic heterocycles. The van der Waals surface area contributed by atoms with Crippen molar-refractivity contribution in [2.75, 3.05) is 13.1 Å². The summed E-state index contributed by atoms with van der Waals surface area (Å²) in [6.07, 6.45) is 1.16. The molecule has 1 aliphatic rings. The first-order valence-corrected chi connectivity index (χ1v) is 7.65. The van der Waals surface area contributed by atoms with E-state index in [9.17, 15) is 5.11 Å². The largest absolute Gasteiger partial charge is 0.508 e. The molecule has 1 saturated heterocycles. The Morgan fingerprint density at radius 3 is 2.70 bits per heavy atom. The van der Waals surface area contributed by atoms with Crippen LogP contribution in [0.4, 0.5) is 0 Å². The molecule has 0 saturated carbocycles. The molecule has 0 amide bonds. The van der Waals surface area contributed by atoms with Gasteiger partial charge in [-0.1, -0.05) is 39.8 Å². The van der Waals surface area contributed by atoms with Crippen LogP contribution in [0.2, 0.25) is 0 Å². The van der Waals surface area contributed by atoms with Gasteiger partial charge in [-0.2, -0.15) is 0 Å². The maximum Gasteiger partial charge on any atom is 0.115 e. The summed E-state index contributed by atoms with van der Waals surface area (Å²) in [4.78, 5) is 2.56. The van der Waals surface area contributed by atoms with E-state index in [4.69, 9.17) is 0 Å². The van der Waals surface area contributed by atoms with E-state index in [-0.39, 0.29) is 5.41 Å². The minimum Gasteiger partial charge on any atom is -0.508 e. The van der Waals surface area contributed by atoms with E-state index < -0.39 is 0 Å². The van der Waals surface area contributed by atoms with Gasteiger partial charge in [0.15, 0.2) is 0 Å². The minimum absolute atomic E-state index is 0.274. The van der Waals surface area contributed by atoms with Gasteiger partial charge in [0.2, 0.25) is 0 Å². The number of hydrogen-bond acceptors (Lipinski definition) is 3. The van der Waals surface area contributed by atoms with Crippen LogP contribution in [0, 0.1) is 5.41 Å². The van der Waals surface area contributed by atoms with Gasteiger partial charge in [0.05, 0.1) is 0 Å². The second-order valence-electron chi connectivity index (χ2n) is 6.99. The van der Waals surface area contributed by atoms with Gasteiger partial charge >= 0.3 is 0 Å². The molecule has 1 heterocycles. The zero-order chi connectivity index (χ0) is 14.8. The predicted molar refractivity (Wildman–Crippen MR) is 83.8 cm³/mol. The lowest BCUT2D eigenvalue weighted by Crippen LogP contribution is -2.59. The fraction of sp³-hybridized carbons (Fsp3) is 0.647. The average Bonchev–Trinajstić information content (AvgIpc) is 2.37. The Morgan fingerprint density at radius 2 is 2.10 bits per heavy atom. The summed E-state index contributed by atoms with van der Waals surface area (Å²) in [5.74, 6) is 0.359. The van der Waals surface area contributed by atoms with Crippen molar-refractivity contribution in [1.29, 1.82) is 0 Å². The summed E-state index contributed by atoms with van der Waals surface area (Å²) in [7, 11) is 0. The number of hydrogen-bond donors (Lipinski definition) is 2. The molecule has 0 bridgehead atoms. The van der Waals surface area contributed by atoms with Crippen LogP contribution in [-0.2, 0) is 6.54 Å². The highest BCUT2D eigenvalue weighted by Crippen LogP contribution is 2.25. The Labute approximate surface area is 123 Å². The molecule has 1 aromatic rings. The van der Waals surface area contributed by atoms with Crippen LogP contribution >= 0.6 is 0 Å². The van der Waals surface area contributed by atoms with Crippen molar-refractivity contribution < 1.29 is 5.11 Å². The maximum atomic E-state index is 9.62. The summed E-state index contributed by atoms with van der Waals surface area (Å²) in [6.45, 7) is 12.2. The highest BCUT2D eigenvalue weighted by Gasteiger charge is 2.33. The molecular weight excluding hydrogens is 248 g/mol. The van der Waals surface area contributed by atoms with Crippen LogP contribution in [-0.4, -0.2) is 35.2 Å². The Morgan fingerprint density at radius 1 is 1.35 bits per heavy atom. The fourth-order valence-corrected chi connectivity index (χ4v) is 2.92. The van der Waals surface area contributed by atoms with Crippen LogP contribution in [0.15, 0.2) is 24.3 Å². The monoisotopic (exact) mass is 276 g/mol. The van der Waals surface area contributed by atoms with Crippen LogP contribution in [0.3, 0.4) is 0 Å². The molecule has 0 spiro atoms. The average molecular weight is 276 g/mol. The normalized spacial score (nSPS) is 24.8. The third kappa shape index (κ3) is 3.74. The topological polar surface area (TPSA) is 35.5 Å². The molecule has 0 radical (unpaired) electrons. The summed E-state index contributed by atoms with van der Waals surface area (Å²) in [5, 5.41) is 13.3. The lowest BCUT2D eigenvalue weighted by atomic mass is 9.84. The second kappa shape index (κ2) is 6.15. The Balaban J connectivity index is 2.09. The van der Waals surface area contributed by atoms with Gasteiger partial charge in [-0.3, -0.25) is 4.90 Å². The van der Waals surface area contributed by atoms with E-state index in [2.05, 4.69) is 44.0 Å². The van der Waals surface area contributed by atoms with Gasteiger partial charge in [-0.15, -0.1) is 0 Å². The third-order valence-corrected chi connectivity index (χ3v) is 4.35. The fourth-order valence-electron chi connectivity index (χ4n) is 2.92. The van der Waals surface area contributed by atoms with Crippen molar-refractivity contribution in [1.82, 2.24) is 10.2 Å². The molecule has 2 atom stereocenters. The number of piperazine rings is 1. The summed E-state index contributed by atoms with van der Waals surface area (Å²) < 4.78 is 0. The van der Waals surface area contributed by atoms with Crippen molar-refractivity contribution in [3.63, 3.8) is 0 Å². The summed E-state index contributed by atoms with van der Waals surface area (Å²) in [6, 6.07) is 8.73. The highest BCUT2D eigenvalue weighted by atomic mass is 16.3. The molecule has 2 unspecified atom stereocenters. The standard InChI is InChI=1S/C17H28N2O/c1-5-14-10-18-16(17(2,3)4)12-19(14)11-13-7-6-8-15(20)9-13/h6-9,14,16,18,20H,5,10-12H2,1-4H3. The van der Waals surface area contributed by atoms with Crippen molar-refractivity contribution in [2.24, 2.45) is 5.41 Å². The van der Waals surface area contributed by atoms with Crippen LogP contribution in [0.1, 0.15) is 39.7 Å². The molecule has 3 nitrogen and oxygen atoms in total. The number of rotatable bonds is 3. The predicted octanol–water partition coefficient (Wildman–Crippen LogP) is 2.99. The van der Waals surface area contributed by atoms with Crippen molar-refractivity contribution in [2.45, 2.75) is 52.7 Å². The Hall–Kier alpha value is -1.06. The van der Waals surface area contributed by atoms with E-state index in [0.29, 0.717) is 17.8 Å². The molecule has 0 aromatic heterocycles. The first kappa shape index (κ1) is 15.3. The molecule has 112 valence electrons. The molecule has 2 N–H and O–H groups in total. The molecule has 2 rings (SSSR count). The van der Waals surface area contributed by atoms with Gasteiger partial charge in [0.25, 0.3) is 0 Å². The number of benzene rings is 1. The molecule has 3 heteroatoms. The number of nitrogens with zero attached hydrogens (tertiary/aromatic N) is 1. The van der Waals surface area contributed by atoms with Crippen molar-refractivity contribution in [3.05, 3.63) is 29.8 Å². The lowest BCUT2D eigenvalue weighted by molar-refractivity contribution is 0.0774. The molecule has 1 fully saturated rings. The van der Waals surface area contributed by atoms with Gasteiger partial charge in [-0.25, -0.2) is 0 Å². The third-order valence-electron chi connectivity index (χ3n) is 4.35. The number of aromatic hydroxyl groups is 1. The SMILES string of the molecule is CCC1CNC(C(C)(C)C)CN1Cc1cccc(O)c1. The lowest BCUT2D eigenvalue weighted by Gasteiger charge is -2.45. The minimum atomic E-state index is 0.274. The first-order valence-electron chi connectivity index (χ1n) is 7.65. The smallest absolute Gasteiger partial charge is 0.115 e. The van der Waals surface area contributed by atoms with E-state index in [1.54, 1.807) is 6.07 Å². The Bertz CT molecular complexity index is 439. The van der Waals surface area contributed by atoms with E-state index >= 15 is 0 Å². The summed E-state index contributed by atoms with van der Waals surface area (Å²) >= 11 is 0. The molecule has 0 aliphatic carbocycles. The molecule has 1 aromatic carbocycles. The number of phenolic OH excluding ortho intramolecular Hbond substituents is 1. The van der Waals surface area contributed by atoms with Gasteiger partial charge in [0, 0.05) is 31.7 Å². The molecular formula is C17H28N2O. The maximum absolute atomic E-state index is 9.62. The van der Waals surface area contributed by atoms with E-state index in [1.165, 1.54) is 5.56 Å². The van der Waals surface area contributed by atoms with E-state index in [1.807, 2.05) is 12.1 Å². The van der Waals surface area contributed by atoms with Crippen LogP contribution in [0.25, 0.3) is 0 Å². The van der Waals surface area contributed by atoms with E-state index in [0.717, 1.165) is 26.1 Å². The quantitative estimate of drug-likeness (QED) is 0.891. The summed E-state index contributed by atoms with van der Waals surface area (Å²) in [5.41, 5.74) is 1.47.